The maximum absolute atomic E-state index is 9.77. The van der Waals surface area contributed by atoms with E-state index in [4.69, 9.17) is 34.8 Å². The molecule has 0 heterocycles. The van der Waals surface area contributed by atoms with Crippen molar-refractivity contribution >= 4 is 46.2 Å². The number of hydrazone groups is 1. The van der Waals surface area contributed by atoms with Crippen molar-refractivity contribution in [3.05, 3.63) is 51.0 Å². The van der Waals surface area contributed by atoms with Crippen LogP contribution in [0, 0.1) is 0 Å². The fourth-order valence-electron chi connectivity index (χ4n) is 1.67. The topological polar surface area (TPSA) is 64.9 Å². The van der Waals surface area contributed by atoms with Gasteiger partial charge in [-0.15, -0.1) is 0 Å². The van der Waals surface area contributed by atoms with Gasteiger partial charge in [0, 0.05) is 16.7 Å². The van der Waals surface area contributed by atoms with E-state index in [-0.39, 0.29) is 11.5 Å². The van der Waals surface area contributed by atoms with E-state index in [1.54, 1.807) is 25.1 Å². The molecule has 2 aromatic carbocycles. The third-order valence-corrected chi connectivity index (χ3v) is 3.53. The molecule has 4 nitrogen and oxygen atoms in total. The highest BCUT2D eigenvalue weighted by atomic mass is 35.5. The van der Waals surface area contributed by atoms with Gasteiger partial charge >= 0.3 is 0 Å². The van der Waals surface area contributed by atoms with Crippen LogP contribution < -0.4 is 5.43 Å². The van der Waals surface area contributed by atoms with Crippen LogP contribution in [0.4, 0.5) is 5.69 Å². The second-order valence-corrected chi connectivity index (χ2v) is 5.51. The van der Waals surface area contributed by atoms with Crippen molar-refractivity contribution in [3.63, 3.8) is 0 Å². The van der Waals surface area contributed by atoms with Gasteiger partial charge in [0.15, 0.2) is 0 Å². The quantitative estimate of drug-likeness (QED) is 0.548. The van der Waals surface area contributed by atoms with Crippen LogP contribution in [-0.2, 0) is 0 Å². The predicted octanol–water partition coefficient (Wildman–Crippen LogP) is 4.89. The number of aromatic hydroxyl groups is 2. The summed E-state index contributed by atoms with van der Waals surface area (Å²) in [7, 11) is 0. The minimum absolute atomic E-state index is 0.0270. The van der Waals surface area contributed by atoms with Crippen molar-refractivity contribution in [1.82, 2.24) is 0 Å². The van der Waals surface area contributed by atoms with Gasteiger partial charge in [-0.25, -0.2) is 0 Å². The van der Waals surface area contributed by atoms with Gasteiger partial charge in [0.1, 0.15) is 11.5 Å². The molecule has 2 aromatic rings. The first-order valence-electron chi connectivity index (χ1n) is 5.85. The van der Waals surface area contributed by atoms with Crippen LogP contribution in [0.15, 0.2) is 35.4 Å². The highest BCUT2D eigenvalue weighted by Crippen LogP contribution is 2.33. The minimum Gasteiger partial charge on any atom is -0.508 e. The van der Waals surface area contributed by atoms with Crippen molar-refractivity contribution in [1.29, 1.82) is 0 Å². The number of nitrogens with zero attached hydrogens (tertiary/aromatic N) is 1. The van der Waals surface area contributed by atoms with Gasteiger partial charge in [-0.2, -0.15) is 5.10 Å². The van der Waals surface area contributed by atoms with Crippen LogP contribution in [0.2, 0.25) is 15.1 Å². The monoisotopic (exact) mass is 344 g/mol. The normalized spacial score (nSPS) is 11.5. The van der Waals surface area contributed by atoms with Crippen LogP contribution in [0.1, 0.15) is 12.5 Å². The predicted molar refractivity (Wildman–Crippen MR) is 87.1 cm³/mol. The average molecular weight is 346 g/mol. The summed E-state index contributed by atoms with van der Waals surface area (Å²) >= 11 is 17.9. The van der Waals surface area contributed by atoms with E-state index in [1.807, 2.05) is 0 Å². The summed E-state index contributed by atoms with van der Waals surface area (Å²) in [5.41, 5.74) is 4.13. The zero-order valence-electron chi connectivity index (χ0n) is 10.9. The van der Waals surface area contributed by atoms with E-state index in [0.717, 1.165) is 0 Å². The van der Waals surface area contributed by atoms with E-state index in [2.05, 4.69) is 10.5 Å². The standard InChI is InChI=1S/C14H11Cl3N2O2/c1-7(10-3-2-9(20)6-13(10)21)18-19-14-11(16)4-8(15)5-12(14)17/h2-6,19-21H,1H3/b18-7+. The molecule has 0 aliphatic heterocycles. The maximum atomic E-state index is 9.77. The molecule has 0 radical (unpaired) electrons. The lowest BCUT2D eigenvalue weighted by Gasteiger charge is -2.09. The first kappa shape index (κ1) is 15.8. The lowest BCUT2D eigenvalue weighted by Crippen LogP contribution is -2.01. The second-order valence-electron chi connectivity index (χ2n) is 4.25. The number of anilines is 1. The van der Waals surface area contributed by atoms with Crippen molar-refractivity contribution in [2.75, 3.05) is 5.43 Å². The molecule has 21 heavy (non-hydrogen) atoms. The Bertz CT molecular complexity index is 694. The molecule has 0 atom stereocenters. The molecule has 0 aliphatic carbocycles. The van der Waals surface area contributed by atoms with Gasteiger partial charge in [0.05, 0.1) is 21.4 Å². The summed E-state index contributed by atoms with van der Waals surface area (Å²) in [5.74, 6) is -0.104. The van der Waals surface area contributed by atoms with Gasteiger partial charge in [-0.05, 0) is 31.2 Å². The summed E-state index contributed by atoms with van der Waals surface area (Å²) in [6.45, 7) is 1.69. The maximum Gasteiger partial charge on any atom is 0.128 e. The number of benzene rings is 2. The Kier molecular flexibility index (Phi) is 4.83. The molecule has 0 bridgehead atoms. The van der Waals surface area contributed by atoms with Gasteiger partial charge in [-0.3, -0.25) is 5.43 Å². The molecule has 0 unspecified atom stereocenters. The third kappa shape index (κ3) is 3.73. The number of rotatable bonds is 3. The Balaban J connectivity index is 2.29. The molecule has 110 valence electrons. The van der Waals surface area contributed by atoms with Gasteiger partial charge in [0.2, 0.25) is 0 Å². The van der Waals surface area contributed by atoms with E-state index in [0.29, 0.717) is 32.0 Å². The van der Waals surface area contributed by atoms with Crippen LogP contribution >= 0.6 is 34.8 Å². The molecule has 3 N–H and O–H groups in total. The molecule has 0 saturated carbocycles. The minimum atomic E-state index is -0.0775. The third-order valence-electron chi connectivity index (χ3n) is 2.71. The Morgan fingerprint density at radius 1 is 1.05 bits per heavy atom. The first-order valence-corrected chi connectivity index (χ1v) is 6.99. The number of hydrogen-bond donors (Lipinski definition) is 3. The summed E-state index contributed by atoms with van der Waals surface area (Å²) in [5, 5.41) is 24.2. The van der Waals surface area contributed by atoms with Gasteiger partial charge in [-0.1, -0.05) is 34.8 Å². The number of hydrogen-bond acceptors (Lipinski definition) is 4. The Morgan fingerprint density at radius 2 is 1.67 bits per heavy atom. The zero-order valence-corrected chi connectivity index (χ0v) is 13.1. The number of phenolic OH excluding ortho intramolecular Hbond substituents is 2. The van der Waals surface area contributed by atoms with Crippen LogP contribution in [-0.4, -0.2) is 15.9 Å². The smallest absolute Gasteiger partial charge is 0.128 e. The Labute approximate surface area is 136 Å². The number of halogens is 3. The molecule has 0 fully saturated rings. The van der Waals surface area contributed by atoms with Crippen LogP contribution in [0.25, 0.3) is 0 Å². The lowest BCUT2D eigenvalue weighted by atomic mass is 10.1. The summed E-state index contributed by atoms with van der Waals surface area (Å²) in [6.07, 6.45) is 0. The Morgan fingerprint density at radius 3 is 2.24 bits per heavy atom. The zero-order chi connectivity index (χ0) is 15.6. The highest BCUT2D eigenvalue weighted by Gasteiger charge is 2.09. The van der Waals surface area contributed by atoms with Crippen LogP contribution in [0.3, 0.4) is 0 Å². The fraction of sp³-hybridized carbons (Fsp3) is 0.0714. The second kappa shape index (κ2) is 6.43. The number of nitrogens with one attached hydrogen (secondary N) is 1. The molecule has 0 amide bonds. The lowest BCUT2D eigenvalue weighted by molar-refractivity contribution is 0.450. The number of phenols is 2. The van der Waals surface area contributed by atoms with Crippen LogP contribution in [0.5, 0.6) is 11.5 Å². The molecule has 2 rings (SSSR count). The molecule has 0 aliphatic rings. The van der Waals surface area contributed by atoms with Crippen molar-refractivity contribution < 1.29 is 10.2 Å². The summed E-state index contributed by atoms with van der Waals surface area (Å²) in [4.78, 5) is 0. The molecular formula is C14H11Cl3N2O2. The first-order chi connectivity index (χ1) is 9.88. The molecule has 7 heteroatoms. The van der Waals surface area contributed by atoms with E-state index in [9.17, 15) is 10.2 Å². The molecular weight excluding hydrogens is 335 g/mol. The van der Waals surface area contributed by atoms with E-state index >= 15 is 0 Å². The fourth-order valence-corrected chi connectivity index (χ4v) is 2.58. The SMILES string of the molecule is C/C(=N\Nc1c(Cl)cc(Cl)cc1Cl)c1ccc(O)cc1O. The van der Waals surface area contributed by atoms with E-state index in [1.165, 1.54) is 12.1 Å². The van der Waals surface area contributed by atoms with E-state index < -0.39 is 0 Å². The highest BCUT2D eigenvalue weighted by molar-refractivity contribution is 6.41. The molecule has 0 spiro atoms. The average Bonchev–Trinajstić information content (AvgIpc) is 2.36. The van der Waals surface area contributed by atoms with Gasteiger partial charge in [0.25, 0.3) is 0 Å². The van der Waals surface area contributed by atoms with Crippen molar-refractivity contribution in [3.8, 4) is 11.5 Å². The Hall–Kier alpha value is -1.62. The van der Waals surface area contributed by atoms with Crippen molar-refractivity contribution in [2.45, 2.75) is 6.92 Å². The molecule has 0 aromatic heterocycles. The van der Waals surface area contributed by atoms with Crippen molar-refractivity contribution in [2.24, 2.45) is 5.10 Å². The van der Waals surface area contributed by atoms with Gasteiger partial charge < -0.3 is 10.2 Å². The summed E-state index contributed by atoms with van der Waals surface area (Å²) < 4.78 is 0. The summed E-state index contributed by atoms with van der Waals surface area (Å²) in [6, 6.07) is 7.32. The molecule has 0 saturated heterocycles. The largest absolute Gasteiger partial charge is 0.508 e.